The van der Waals surface area contributed by atoms with E-state index in [1.165, 1.54) is 12.1 Å². The van der Waals surface area contributed by atoms with Gasteiger partial charge in [-0.25, -0.2) is 5.43 Å². The van der Waals surface area contributed by atoms with Gasteiger partial charge in [0, 0.05) is 21.8 Å². The third-order valence-electron chi connectivity index (χ3n) is 2.86. The highest BCUT2D eigenvalue weighted by molar-refractivity contribution is 9.10. The minimum Gasteiger partial charge on any atom is -0.507 e. The fraction of sp³-hybridized carbons (Fsp3) is 0.143. The number of halogens is 1. The molecule has 4 N–H and O–H groups in total. The van der Waals surface area contributed by atoms with Crippen molar-refractivity contribution in [2.75, 3.05) is 0 Å². The van der Waals surface area contributed by atoms with E-state index in [0.29, 0.717) is 17.0 Å². The van der Waals surface area contributed by atoms with Crippen LogP contribution in [-0.2, 0) is 11.2 Å². The highest BCUT2D eigenvalue weighted by Crippen LogP contribution is 2.22. The zero-order valence-electron chi connectivity index (χ0n) is 12.0. The summed E-state index contributed by atoms with van der Waals surface area (Å²) >= 11 is 8.14. The average molecular weight is 397 g/mol. The van der Waals surface area contributed by atoms with Crippen molar-refractivity contribution in [1.82, 2.24) is 15.4 Å². The first-order valence-corrected chi connectivity index (χ1v) is 7.70. The van der Waals surface area contributed by atoms with E-state index in [1.807, 2.05) is 0 Å². The molecule has 7 nitrogen and oxygen atoms in total. The number of carbonyl (C=O) groups excluding carboxylic acids is 1. The number of hydrogen-bond acceptors (Lipinski definition) is 5. The number of hydrogen-bond donors (Lipinski definition) is 4. The van der Waals surface area contributed by atoms with Crippen LogP contribution in [0.5, 0.6) is 5.75 Å². The van der Waals surface area contributed by atoms with Crippen LogP contribution in [0, 0.1) is 4.77 Å². The Balaban J connectivity index is 2.09. The van der Waals surface area contributed by atoms with Gasteiger partial charge in [-0.05, 0) is 37.3 Å². The van der Waals surface area contributed by atoms with E-state index >= 15 is 0 Å². The number of hydrazone groups is 1. The number of benzene rings is 1. The van der Waals surface area contributed by atoms with E-state index < -0.39 is 5.91 Å². The first-order valence-electron chi connectivity index (χ1n) is 6.49. The number of nitrogens with zero attached hydrogens (tertiary/aromatic N) is 1. The number of aromatic amines is 2. The highest BCUT2D eigenvalue weighted by atomic mass is 79.9. The molecular weight excluding hydrogens is 384 g/mol. The van der Waals surface area contributed by atoms with Crippen LogP contribution in [0.3, 0.4) is 0 Å². The molecule has 0 fully saturated rings. The van der Waals surface area contributed by atoms with Crippen LogP contribution in [0.1, 0.15) is 18.2 Å². The van der Waals surface area contributed by atoms with Crippen LogP contribution in [0.4, 0.5) is 0 Å². The summed E-state index contributed by atoms with van der Waals surface area (Å²) < 4.78 is 0.932. The molecule has 0 unspecified atom stereocenters. The van der Waals surface area contributed by atoms with Gasteiger partial charge in [0.05, 0.1) is 12.1 Å². The lowest BCUT2D eigenvalue weighted by Crippen LogP contribution is -2.23. The molecule has 1 amide bonds. The molecule has 23 heavy (non-hydrogen) atoms. The normalized spacial score (nSPS) is 11.3. The summed E-state index contributed by atoms with van der Waals surface area (Å²) in [6.45, 7) is 1.66. The SMILES string of the molecule is C/C(=N\NC(=O)Cc1cc(=O)[nH]c(=S)[nH]1)c1cc(Br)ccc1O. The number of carbonyl (C=O) groups is 1. The Hall–Kier alpha value is -2.26. The van der Waals surface area contributed by atoms with Crippen molar-refractivity contribution in [2.24, 2.45) is 5.10 Å². The summed E-state index contributed by atoms with van der Waals surface area (Å²) in [5, 5.41) is 13.7. The van der Waals surface area contributed by atoms with Gasteiger partial charge in [-0.3, -0.25) is 14.6 Å². The van der Waals surface area contributed by atoms with Crippen LogP contribution in [0.25, 0.3) is 0 Å². The third kappa shape index (κ3) is 4.86. The zero-order chi connectivity index (χ0) is 17.0. The molecule has 0 saturated heterocycles. The summed E-state index contributed by atoms with van der Waals surface area (Å²) in [5.41, 5.74) is 3.31. The van der Waals surface area contributed by atoms with Gasteiger partial charge in [0.15, 0.2) is 4.77 Å². The van der Waals surface area contributed by atoms with Crippen LogP contribution >= 0.6 is 28.1 Å². The highest BCUT2D eigenvalue weighted by Gasteiger charge is 2.08. The van der Waals surface area contributed by atoms with Gasteiger partial charge in [-0.1, -0.05) is 15.9 Å². The Morgan fingerprint density at radius 1 is 1.39 bits per heavy atom. The Morgan fingerprint density at radius 3 is 2.83 bits per heavy atom. The number of aromatic nitrogens is 2. The lowest BCUT2D eigenvalue weighted by molar-refractivity contribution is -0.120. The van der Waals surface area contributed by atoms with Crippen molar-refractivity contribution in [1.29, 1.82) is 0 Å². The molecule has 1 aromatic heterocycles. The topological polar surface area (TPSA) is 110 Å². The molecule has 0 bridgehead atoms. The van der Waals surface area contributed by atoms with Crippen LogP contribution in [0.2, 0.25) is 0 Å². The molecule has 0 radical (unpaired) electrons. The van der Waals surface area contributed by atoms with Gasteiger partial charge in [0.25, 0.3) is 5.56 Å². The lowest BCUT2D eigenvalue weighted by Gasteiger charge is -2.06. The maximum atomic E-state index is 11.9. The molecule has 2 aromatic rings. The predicted octanol–water partition coefficient (Wildman–Crippen LogP) is 1.98. The Kier molecular flexibility index (Phi) is 5.45. The Bertz CT molecular complexity index is 860. The van der Waals surface area contributed by atoms with Gasteiger partial charge in [-0.15, -0.1) is 0 Å². The van der Waals surface area contributed by atoms with E-state index in [2.05, 4.69) is 36.4 Å². The van der Waals surface area contributed by atoms with Crippen LogP contribution in [-0.4, -0.2) is 26.7 Å². The minimum absolute atomic E-state index is 0.0578. The number of amides is 1. The molecule has 9 heteroatoms. The monoisotopic (exact) mass is 396 g/mol. The molecule has 1 heterocycles. The molecule has 0 atom stereocenters. The second-order valence-corrected chi connectivity index (χ2v) is 6.01. The second-order valence-electron chi connectivity index (χ2n) is 4.68. The molecule has 0 saturated carbocycles. The molecule has 1 aromatic carbocycles. The number of nitrogens with one attached hydrogen (secondary N) is 3. The molecule has 120 valence electrons. The first kappa shape index (κ1) is 17.1. The van der Waals surface area contributed by atoms with Crippen LogP contribution < -0.4 is 11.0 Å². The quantitative estimate of drug-likeness (QED) is 0.359. The van der Waals surface area contributed by atoms with Crippen LogP contribution in [0.15, 0.2) is 38.6 Å². The number of phenolic OH excluding ortho intramolecular Hbond substituents is 1. The van der Waals surface area contributed by atoms with Crippen molar-refractivity contribution >= 4 is 39.8 Å². The van der Waals surface area contributed by atoms with E-state index in [4.69, 9.17) is 12.2 Å². The summed E-state index contributed by atoms with van der Waals surface area (Å²) in [5.74, 6) is -0.363. The number of H-pyrrole nitrogens is 2. The van der Waals surface area contributed by atoms with Gasteiger partial charge in [0.2, 0.25) is 5.91 Å². The third-order valence-corrected chi connectivity index (χ3v) is 3.56. The summed E-state index contributed by atoms with van der Waals surface area (Å²) in [4.78, 5) is 28.2. The number of aromatic hydroxyl groups is 1. The Labute approximate surface area is 144 Å². The summed E-state index contributed by atoms with van der Waals surface area (Å²) in [6, 6.07) is 6.16. The van der Waals surface area contributed by atoms with E-state index in [9.17, 15) is 14.7 Å². The summed E-state index contributed by atoms with van der Waals surface area (Å²) in [6.07, 6.45) is -0.0746. The number of phenols is 1. The van der Waals surface area contributed by atoms with Crippen molar-refractivity contribution in [3.8, 4) is 5.75 Å². The maximum absolute atomic E-state index is 11.9. The minimum atomic E-state index is -0.421. The van der Waals surface area contributed by atoms with Crippen molar-refractivity contribution in [3.05, 3.63) is 55.1 Å². The van der Waals surface area contributed by atoms with Gasteiger partial charge >= 0.3 is 0 Å². The smallest absolute Gasteiger partial charge is 0.251 e. The average Bonchev–Trinajstić information content (AvgIpc) is 2.46. The molecule has 0 aliphatic rings. The predicted molar refractivity (Wildman–Crippen MR) is 92.1 cm³/mol. The van der Waals surface area contributed by atoms with E-state index in [-0.39, 0.29) is 22.5 Å². The van der Waals surface area contributed by atoms with Gasteiger partial charge < -0.3 is 10.1 Å². The number of rotatable bonds is 4. The molecule has 0 aliphatic carbocycles. The Morgan fingerprint density at radius 2 is 2.13 bits per heavy atom. The van der Waals surface area contributed by atoms with E-state index in [0.717, 1.165) is 4.47 Å². The zero-order valence-corrected chi connectivity index (χ0v) is 14.4. The fourth-order valence-electron chi connectivity index (χ4n) is 1.83. The summed E-state index contributed by atoms with van der Waals surface area (Å²) in [7, 11) is 0. The largest absolute Gasteiger partial charge is 0.507 e. The van der Waals surface area contributed by atoms with Crippen molar-refractivity contribution in [3.63, 3.8) is 0 Å². The fourth-order valence-corrected chi connectivity index (χ4v) is 2.42. The van der Waals surface area contributed by atoms with Gasteiger partial charge in [-0.2, -0.15) is 5.10 Å². The lowest BCUT2D eigenvalue weighted by atomic mass is 10.1. The first-order chi connectivity index (χ1) is 10.8. The van der Waals surface area contributed by atoms with Gasteiger partial charge in [0.1, 0.15) is 5.75 Å². The molecule has 0 spiro atoms. The molecule has 0 aliphatic heterocycles. The van der Waals surface area contributed by atoms with E-state index in [1.54, 1.807) is 19.1 Å². The molecular formula is C14H13BrN4O3S. The maximum Gasteiger partial charge on any atom is 0.251 e. The standard InChI is InChI=1S/C14H13BrN4O3S/c1-7(10-4-8(15)2-3-11(10)20)18-19-13(22)6-9-5-12(21)17-14(23)16-9/h2-5,20H,6H2,1H3,(H,19,22)(H2,16,17,21,23)/b18-7+. The second kappa shape index (κ2) is 7.34. The van der Waals surface area contributed by atoms with Crippen molar-refractivity contribution < 1.29 is 9.90 Å². The van der Waals surface area contributed by atoms with Crippen molar-refractivity contribution in [2.45, 2.75) is 13.3 Å². The molecule has 2 rings (SSSR count).